The van der Waals surface area contributed by atoms with Crippen LogP contribution in [0.1, 0.15) is 35.8 Å². The number of phenolic OH excluding ortho intramolecular Hbond substituents is 1. The summed E-state index contributed by atoms with van der Waals surface area (Å²) < 4.78 is 7.56. The highest BCUT2D eigenvalue weighted by molar-refractivity contribution is 9.10. The van der Waals surface area contributed by atoms with Gasteiger partial charge in [0.1, 0.15) is 6.10 Å². The molecule has 1 saturated carbocycles. The number of aromatic hydroxyl groups is 1. The molecule has 6 rings (SSSR count). The van der Waals surface area contributed by atoms with E-state index in [0.717, 1.165) is 39.9 Å². The Hall–Kier alpha value is -1.87. The minimum absolute atomic E-state index is 0.0236. The number of carbonyl (C=O) groups excluding carboxylic acids is 1. The van der Waals surface area contributed by atoms with Crippen molar-refractivity contribution in [2.24, 2.45) is 5.92 Å². The molecule has 180 valence electrons. The van der Waals surface area contributed by atoms with Crippen LogP contribution in [0.5, 0.6) is 11.5 Å². The largest absolute Gasteiger partial charge is 0.504 e. The summed E-state index contributed by atoms with van der Waals surface area (Å²) in [7, 11) is 3.92. The van der Waals surface area contributed by atoms with E-state index in [9.17, 15) is 15.0 Å². The molecule has 1 saturated heterocycles. The molecule has 1 aromatic carbocycles. The van der Waals surface area contributed by atoms with Gasteiger partial charge in [-0.3, -0.25) is 4.79 Å². The zero-order chi connectivity index (χ0) is 24.0. The molecule has 2 fully saturated rings. The molecule has 1 amide bonds. The minimum atomic E-state index is -0.990. The van der Waals surface area contributed by atoms with Gasteiger partial charge in [0, 0.05) is 39.5 Å². The Kier molecular flexibility index (Phi) is 5.02. The number of nitrogens with zero attached hydrogens (tertiary/aromatic N) is 2. The van der Waals surface area contributed by atoms with Crippen LogP contribution in [0.3, 0.4) is 0 Å². The summed E-state index contributed by atoms with van der Waals surface area (Å²) in [5, 5.41) is 25.2. The third kappa shape index (κ3) is 2.77. The quantitative estimate of drug-likeness (QED) is 0.575. The number of halogens is 1. The zero-order valence-electron chi connectivity index (χ0n) is 19.5. The first kappa shape index (κ1) is 22.6. The van der Waals surface area contributed by atoms with Crippen molar-refractivity contribution in [1.82, 2.24) is 9.80 Å². The molecule has 2 bridgehead atoms. The van der Waals surface area contributed by atoms with Crippen LogP contribution in [-0.4, -0.2) is 70.3 Å². The fourth-order valence-corrected chi connectivity index (χ4v) is 8.71. The fourth-order valence-electron chi connectivity index (χ4n) is 7.37. The topological polar surface area (TPSA) is 73.2 Å². The van der Waals surface area contributed by atoms with Gasteiger partial charge >= 0.3 is 0 Å². The Balaban J connectivity index is 1.43. The van der Waals surface area contributed by atoms with Gasteiger partial charge in [0.25, 0.3) is 0 Å². The number of phenols is 1. The van der Waals surface area contributed by atoms with E-state index in [2.05, 4.69) is 34.8 Å². The Morgan fingerprint density at radius 2 is 2.21 bits per heavy atom. The Morgan fingerprint density at radius 3 is 2.94 bits per heavy atom. The van der Waals surface area contributed by atoms with Crippen molar-refractivity contribution >= 4 is 39.2 Å². The van der Waals surface area contributed by atoms with Gasteiger partial charge in [0.15, 0.2) is 11.5 Å². The van der Waals surface area contributed by atoms with Gasteiger partial charge in [0.2, 0.25) is 5.91 Å². The summed E-state index contributed by atoms with van der Waals surface area (Å²) in [6.45, 7) is 2.95. The van der Waals surface area contributed by atoms with Crippen LogP contribution in [0.2, 0.25) is 0 Å². The number of carbonyl (C=O) groups is 1. The Bertz CT molecular complexity index is 1210. The maximum atomic E-state index is 13.3. The van der Waals surface area contributed by atoms with E-state index in [1.54, 1.807) is 28.4 Å². The van der Waals surface area contributed by atoms with Crippen molar-refractivity contribution < 1.29 is 19.7 Å². The van der Waals surface area contributed by atoms with Gasteiger partial charge in [0.05, 0.1) is 17.1 Å². The number of hydrogen-bond acceptors (Lipinski definition) is 6. The molecule has 2 aromatic rings. The van der Waals surface area contributed by atoms with Crippen LogP contribution in [0.4, 0.5) is 0 Å². The maximum Gasteiger partial charge on any atom is 0.246 e. The van der Waals surface area contributed by atoms with Gasteiger partial charge in [-0.1, -0.05) is 13.0 Å². The highest BCUT2D eigenvalue weighted by atomic mass is 79.9. The average molecular weight is 545 g/mol. The van der Waals surface area contributed by atoms with Crippen molar-refractivity contribution in [3.8, 4) is 11.5 Å². The van der Waals surface area contributed by atoms with E-state index in [0.29, 0.717) is 12.2 Å². The molecule has 0 unspecified atom stereocenters. The summed E-state index contributed by atoms with van der Waals surface area (Å²) in [6, 6.07) is 5.43. The summed E-state index contributed by atoms with van der Waals surface area (Å²) in [4.78, 5) is 18.3. The highest BCUT2D eigenvalue weighted by Crippen LogP contribution is 2.66. The predicted octanol–water partition coefficient (Wildman–Crippen LogP) is 3.79. The van der Waals surface area contributed by atoms with E-state index >= 15 is 0 Å². The van der Waals surface area contributed by atoms with Crippen LogP contribution in [0.15, 0.2) is 34.1 Å². The summed E-state index contributed by atoms with van der Waals surface area (Å²) in [5.41, 5.74) is 0.476. The number of hydrogen-bond donors (Lipinski definition) is 2. The van der Waals surface area contributed by atoms with Gasteiger partial charge in [-0.25, -0.2) is 0 Å². The molecule has 0 radical (unpaired) electrons. The lowest BCUT2D eigenvalue weighted by atomic mass is 9.45. The van der Waals surface area contributed by atoms with Crippen molar-refractivity contribution in [1.29, 1.82) is 0 Å². The van der Waals surface area contributed by atoms with Gasteiger partial charge in [-0.2, -0.15) is 0 Å². The van der Waals surface area contributed by atoms with Crippen LogP contribution < -0.4 is 4.74 Å². The first-order valence-electron chi connectivity index (χ1n) is 11.8. The SMILES string of the molecule is C[C@H]1C[C@@H](N(C)C(=O)/C=C/c2cc(Br)cs2)[C@@H]2Oc3c(O)ccc4c3[C@@]23CCN(C)[C@H](C4)[C@]13O. The van der Waals surface area contributed by atoms with Crippen molar-refractivity contribution in [2.45, 2.75) is 55.4 Å². The minimum Gasteiger partial charge on any atom is -0.504 e. The number of rotatable bonds is 3. The highest BCUT2D eigenvalue weighted by Gasteiger charge is 2.75. The first-order chi connectivity index (χ1) is 16.2. The first-order valence-corrected chi connectivity index (χ1v) is 13.5. The number of thiophene rings is 1. The van der Waals surface area contributed by atoms with Crippen LogP contribution in [0.25, 0.3) is 6.08 Å². The maximum absolute atomic E-state index is 13.3. The number of ether oxygens (including phenoxy) is 1. The second-order valence-electron chi connectivity index (χ2n) is 10.4. The molecule has 1 spiro atoms. The van der Waals surface area contributed by atoms with E-state index in [4.69, 9.17) is 4.74 Å². The molecule has 34 heavy (non-hydrogen) atoms. The number of benzene rings is 1. The summed E-state index contributed by atoms with van der Waals surface area (Å²) in [5.74, 6) is 0.487. The number of likely N-dealkylation sites (N-methyl/N-ethyl adjacent to an activating group) is 2. The lowest BCUT2D eigenvalue weighted by Gasteiger charge is -2.66. The van der Waals surface area contributed by atoms with Crippen molar-refractivity contribution in [3.63, 3.8) is 0 Å². The molecular weight excluding hydrogens is 516 g/mol. The molecule has 2 N–H and O–H groups in total. The monoisotopic (exact) mass is 544 g/mol. The molecule has 2 aliphatic heterocycles. The Labute approximate surface area is 212 Å². The number of likely N-dealkylation sites (tertiary alicyclic amines) is 1. The van der Waals surface area contributed by atoms with Crippen LogP contribution in [-0.2, 0) is 16.6 Å². The van der Waals surface area contributed by atoms with Crippen molar-refractivity contribution in [2.75, 3.05) is 20.6 Å². The smallest absolute Gasteiger partial charge is 0.246 e. The molecule has 2 aliphatic carbocycles. The van der Waals surface area contributed by atoms with E-state index in [-0.39, 0.29) is 29.7 Å². The van der Waals surface area contributed by atoms with Crippen LogP contribution in [0, 0.1) is 5.92 Å². The molecule has 1 aromatic heterocycles. The van der Waals surface area contributed by atoms with Crippen LogP contribution >= 0.6 is 27.3 Å². The number of piperidine rings is 1. The zero-order valence-corrected chi connectivity index (χ0v) is 21.9. The second-order valence-corrected chi connectivity index (χ2v) is 12.2. The second kappa shape index (κ2) is 7.56. The summed E-state index contributed by atoms with van der Waals surface area (Å²) in [6.07, 6.45) is 5.15. The number of amides is 1. The molecule has 6 atom stereocenters. The summed E-state index contributed by atoms with van der Waals surface area (Å²) >= 11 is 5.03. The average Bonchev–Trinajstić information content (AvgIpc) is 3.38. The standard InChI is InChI=1S/C26H29BrN2O4S/c1-14-10-18(29(3)21(31)7-5-17-12-16(27)13-34-17)24-25-8-9-28(2)20(26(14,25)32)11-15-4-6-19(30)23(33-24)22(15)25/h4-7,12-14,18,20,24,30,32H,8-11H2,1-3H3/b7-5+/t14-,18+,20+,24-,25-,26+/m0/s1. The fraction of sp³-hybridized carbons (Fsp3) is 0.500. The molecular formula is C26H29BrN2O4S. The molecule has 3 heterocycles. The lowest BCUT2D eigenvalue weighted by Crippen LogP contribution is -2.80. The van der Waals surface area contributed by atoms with E-state index < -0.39 is 17.1 Å². The van der Waals surface area contributed by atoms with E-state index in [1.807, 2.05) is 30.6 Å². The molecule has 4 aliphatic rings. The van der Waals surface area contributed by atoms with E-state index in [1.165, 1.54) is 0 Å². The normalized spacial score (nSPS) is 35.8. The molecule has 8 heteroatoms. The van der Waals surface area contributed by atoms with Gasteiger partial charge in [-0.15, -0.1) is 11.3 Å². The third-order valence-electron chi connectivity index (χ3n) is 8.95. The van der Waals surface area contributed by atoms with Gasteiger partial charge in [-0.05, 0) is 78.5 Å². The molecule has 6 nitrogen and oxygen atoms in total. The number of aliphatic hydroxyl groups is 1. The van der Waals surface area contributed by atoms with Crippen molar-refractivity contribution in [3.05, 3.63) is 50.1 Å². The third-order valence-corrected chi connectivity index (χ3v) is 10.6. The Morgan fingerprint density at radius 1 is 1.41 bits per heavy atom. The van der Waals surface area contributed by atoms with Gasteiger partial charge < -0.3 is 24.7 Å². The predicted molar refractivity (Wildman–Crippen MR) is 135 cm³/mol. The lowest BCUT2D eigenvalue weighted by molar-refractivity contribution is -0.220.